The van der Waals surface area contributed by atoms with Crippen LogP contribution in [0.2, 0.25) is 0 Å². The van der Waals surface area contributed by atoms with Crippen molar-refractivity contribution in [2.45, 2.75) is 38.8 Å². The van der Waals surface area contributed by atoms with E-state index in [0.717, 1.165) is 22.5 Å². The molecule has 0 bridgehead atoms. The number of thioether (sulfide) groups is 1. The molecule has 2 aromatic heterocycles. The summed E-state index contributed by atoms with van der Waals surface area (Å²) in [5, 5.41) is 12.6. The van der Waals surface area contributed by atoms with Crippen molar-refractivity contribution in [1.29, 1.82) is 0 Å². The van der Waals surface area contributed by atoms with E-state index < -0.39 is 0 Å². The molecule has 0 spiro atoms. The highest BCUT2D eigenvalue weighted by Crippen LogP contribution is 2.32. The zero-order valence-electron chi connectivity index (χ0n) is 19.2. The van der Waals surface area contributed by atoms with Gasteiger partial charge in [-0.05, 0) is 55.2 Å². The standard InChI is InChI=1S/C26H27N5OS/c1-17(2)21-9-5-6-10-23(21)31-25(20-8-7-13-27-15-20)29-30-26(31)33-16-24(32)28-22-12-11-18(3)14-19(22)4/h5-15,17H,16H2,1-4H3,(H,28,32). The molecule has 4 aromatic rings. The van der Waals surface area contributed by atoms with Crippen LogP contribution in [-0.2, 0) is 4.79 Å². The minimum atomic E-state index is -0.0819. The molecule has 2 aromatic carbocycles. The van der Waals surface area contributed by atoms with Crippen LogP contribution in [-0.4, -0.2) is 31.4 Å². The van der Waals surface area contributed by atoms with Gasteiger partial charge in [-0.1, -0.05) is 61.5 Å². The van der Waals surface area contributed by atoms with Crippen molar-refractivity contribution in [3.8, 4) is 17.1 Å². The first kappa shape index (κ1) is 22.7. The zero-order chi connectivity index (χ0) is 23.4. The molecule has 0 aliphatic rings. The van der Waals surface area contributed by atoms with Crippen LogP contribution in [0.25, 0.3) is 17.1 Å². The quantitative estimate of drug-likeness (QED) is 0.355. The molecule has 33 heavy (non-hydrogen) atoms. The summed E-state index contributed by atoms with van der Waals surface area (Å²) in [6.45, 7) is 8.36. The maximum absolute atomic E-state index is 12.7. The number of hydrogen-bond donors (Lipinski definition) is 1. The van der Waals surface area contributed by atoms with Gasteiger partial charge in [0, 0.05) is 23.6 Å². The molecule has 7 heteroatoms. The maximum atomic E-state index is 12.7. The second kappa shape index (κ2) is 10.0. The Morgan fingerprint density at radius 2 is 1.88 bits per heavy atom. The van der Waals surface area contributed by atoms with E-state index in [9.17, 15) is 4.79 Å². The Morgan fingerprint density at radius 1 is 1.06 bits per heavy atom. The molecule has 6 nitrogen and oxygen atoms in total. The lowest BCUT2D eigenvalue weighted by Crippen LogP contribution is -2.15. The van der Waals surface area contributed by atoms with E-state index in [0.29, 0.717) is 16.9 Å². The Kier molecular flexibility index (Phi) is 6.89. The van der Waals surface area contributed by atoms with Crippen molar-refractivity contribution in [3.05, 3.63) is 83.7 Å². The van der Waals surface area contributed by atoms with Crippen LogP contribution in [0.5, 0.6) is 0 Å². The van der Waals surface area contributed by atoms with Gasteiger partial charge in [0.2, 0.25) is 5.91 Å². The Labute approximate surface area is 198 Å². The van der Waals surface area contributed by atoms with Crippen molar-refractivity contribution < 1.29 is 4.79 Å². The van der Waals surface area contributed by atoms with Crippen molar-refractivity contribution in [2.24, 2.45) is 0 Å². The molecule has 0 aliphatic carbocycles. The third kappa shape index (κ3) is 5.14. The summed E-state index contributed by atoms with van der Waals surface area (Å²) in [5.41, 5.74) is 6.10. The molecule has 4 rings (SSSR count). The number of anilines is 1. The fourth-order valence-corrected chi connectivity index (χ4v) is 4.46. The minimum Gasteiger partial charge on any atom is -0.325 e. The summed E-state index contributed by atoms with van der Waals surface area (Å²) in [4.78, 5) is 17.0. The molecule has 0 saturated heterocycles. The van der Waals surface area contributed by atoms with E-state index in [1.54, 1.807) is 12.4 Å². The second-order valence-electron chi connectivity index (χ2n) is 8.25. The number of benzene rings is 2. The van der Waals surface area contributed by atoms with Gasteiger partial charge in [0.05, 0.1) is 11.4 Å². The summed E-state index contributed by atoms with van der Waals surface area (Å²) in [5.74, 6) is 1.16. The number of carbonyl (C=O) groups is 1. The minimum absolute atomic E-state index is 0.0819. The molecule has 1 N–H and O–H groups in total. The monoisotopic (exact) mass is 457 g/mol. The summed E-state index contributed by atoms with van der Waals surface area (Å²) in [7, 11) is 0. The number of rotatable bonds is 7. The summed E-state index contributed by atoms with van der Waals surface area (Å²) in [6, 6.07) is 18.1. The predicted octanol–water partition coefficient (Wildman–Crippen LogP) is 5.80. The number of aromatic nitrogens is 4. The molecule has 0 radical (unpaired) electrons. The van der Waals surface area contributed by atoms with Gasteiger partial charge in [0.15, 0.2) is 11.0 Å². The Balaban J connectivity index is 1.65. The van der Waals surface area contributed by atoms with E-state index in [4.69, 9.17) is 0 Å². The number of pyridine rings is 1. The molecular weight excluding hydrogens is 430 g/mol. The Morgan fingerprint density at radius 3 is 2.61 bits per heavy atom. The summed E-state index contributed by atoms with van der Waals surface area (Å²) in [6.07, 6.45) is 3.51. The molecule has 0 atom stereocenters. The highest BCUT2D eigenvalue weighted by molar-refractivity contribution is 7.99. The van der Waals surface area contributed by atoms with E-state index in [2.05, 4.69) is 52.5 Å². The lowest BCUT2D eigenvalue weighted by Gasteiger charge is -2.17. The average Bonchev–Trinajstić information content (AvgIpc) is 3.24. The second-order valence-corrected chi connectivity index (χ2v) is 9.19. The van der Waals surface area contributed by atoms with Gasteiger partial charge in [-0.3, -0.25) is 14.3 Å². The van der Waals surface area contributed by atoms with Gasteiger partial charge in [-0.2, -0.15) is 0 Å². The molecule has 0 saturated carbocycles. The largest absolute Gasteiger partial charge is 0.325 e. The third-order valence-corrected chi connectivity index (χ3v) is 6.27. The summed E-state index contributed by atoms with van der Waals surface area (Å²) >= 11 is 1.37. The first-order valence-electron chi connectivity index (χ1n) is 10.9. The van der Waals surface area contributed by atoms with Gasteiger partial charge >= 0.3 is 0 Å². The lowest BCUT2D eigenvalue weighted by molar-refractivity contribution is -0.113. The normalized spacial score (nSPS) is 11.1. The number of amides is 1. The van der Waals surface area contributed by atoms with Crippen molar-refractivity contribution in [2.75, 3.05) is 11.1 Å². The van der Waals surface area contributed by atoms with E-state index in [1.165, 1.54) is 22.9 Å². The molecule has 2 heterocycles. The zero-order valence-corrected chi connectivity index (χ0v) is 20.1. The number of aryl methyl sites for hydroxylation is 2. The van der Waals surface area contributed by atoms with Crippen LogP contribution >= 0.6 is 11.8 Å². The smallest absolute Gasteiger partial charge is 0.234 e. The number of hydrogen-bond acceptors (Lipinski definition) is 5. The number of carbonyl (C=O) groups excluding carboxylic acids is 1. The fraction of sp³-hybridized carbons (Fsp3) is 0.231. The van der Waals surface area contributed by atoms with Gasteiger partial charge < -0.3 is 5.32 Å². The Hall–Kier alpha value is -3.45. The molecule has 0 aliphatic heterocycles. The number of nitrogens with one attached hydrogen (secondary N) is 1. The van der Waals surface area contributed by atoms with Gasteiger partial charge in [0.25, 0.3) is 0 Å². The molecule has 0 fully saturated rings. The predicted molar refractivity (Wildman–Crippen MR) is 134 cm³/mol. The molecule has 168 valence electrons. The lowest BCUT2D eigenvalue weighted by atomic mass is 10.0. The topological polar surface area (TPSA) is 72.7 Å². The van der Waals surface area contributed by atoms with Gasteiger partial charge in [0.1, 0.15) is 0 Å². The van der Waals surface area contributed by atoms with E-state index in [1.807, 2.05) is 54.8 Å². The molecule has 0 unspecified atom stereocenters. The first-order chi connectivity index (χ1) is 15.9. The SMILES string of the molecule is Cc1ccc(NC(=O)CSc2nnc(-c3cccnc3)n2-c2ccccc2C(C)C)c(C)c1. The van der Waals surface area contributed by atoms with Crippen molar-refractivity contribution >= 4 is 23.4 Å². The first-order valence-corrected chi connectivity index (χ1v) is 11.9. The average molecular weight is 458 g/mol. The number of nitrogens with zero attached hydrogens (tertiary/aromatic N) is 4. The van der Waals surface area contributed by atoms with Crippen molar-refractivity contribution in [1.82, 2.24) is 19.7 Å². The van der Waals surface area contributed by atoms with Crippen LogP contribution in [0.3, 0.4) is 0 Å². The van der Waals surface area contributed by atoms with Crippen LogP contribution in [0.4, 0.5) is 5.69 Å². The van der Waals surface area contributed by atoms with Crippen LogP contribution in [0, 0.1) is 13.8 Å². The van der Waals surface area contributed by atoms with Crippen LogP contribution in [0.15, 0.2) is 72.1 Å². The third-order valence-electron chi connectivity index (χ3n) is 5.34. The molecular formula is C26H27N5OS. The van der Waals surface area contributed by atoms with Crippen LogP contribution in [0.1, 0.15) is 36.5 Å². The fourth-order valence-electron chi connectivity index (χ4n) is 3.71. The number of para-hydroxylation sites is 1. The van der Waals surface area contributed by atoms with Gasteiger partial charge in [-0.15, -0.1) is 10.2 Å². The Bertz CT molecular complexity index is 1270. The van der Waals surface area contributed by atoms with E-state index >= 15 is 0 Å². The maximum Gasteiger partial charge on any atom is 0.234 e. The van der Waals surface area contributed by atoms with E-state index in [-0.39, 0.29) is 11.7 Å². The van der Waals surface area contributed by atoms with Crippen LogP contribution < -0.4 is 5.32 Å². The molecule has 1 amide bonds. The van der Waals surface area contributed by atoms with Crippen molar-refractivity contribution in [3.63, 3.8) is 0 Å². The highest BCUT2D eigenvalue weighted by atomic mass is 32.2. The summed E-state index contributed by atoms with van der Waals surface area (Å²) < 4.78 is 2.03. The highest BCUT2D eigenvalue weighted by Gasteiger charge is 2.20. The van der Waals surface area contributed by atoms with Gasteiger partial charge in [-0.25, -0.2) is 0 Å².